The standard InChI is InChI=1S/C13H18Br2N2O2S/c1-9-6-12(15)13(7-11(9)14)20(18,19)16-10-4-3-5-17(2)8-10/h6-7,10,16H,3-5,8H2,1-2H3. The molecule has 112 valence electrons. The number of nitrogens with one attached hydrogen (secondary N) is 1. The Labute approximate surface area is 137 Å². The van der Waals surface area contributed by atoms with E-state index in [1.807, 2.05) is 20.0 Å². The first-order chi connectivity index (χ1) is 9.29. The number of piperidine rings is 1. The molecule has 0 radical (unpaired) electrons. The Kier molecular flexibility index (Phi) is 5.29. The topological polar surface area (TPSA) is 49.4 Å². The summed E-state index contributed by atoms with van der Waals surface area (Å²) in [6.45, 7) is 3.71. The van der Waals surface area contributed by atoms with Gasteiger partial charge in [-0.2, -0.15) is 0 Å². The predicted octanol–water partition coefficient (Wildman–Crippen LogP) is 2.89. The molecule has 0 amide bonds. The van der Waals surface area contributed by atoms with Gasteiger partial charge in [0.1, 0.15) is 0 Å². The lowest BCUT2D eigenvalue weighted by Gasteiger charge is -2.30. The number of rotatable bonds is 3. The highest BCUT2D eigenvalue weighted by atomic mass is 79.9. The fourth-order valence-electron chi connectivity index (χ4n) is 2.38. The van der Waals surface area contributed by atoms with Crippen LogP contribution in [0.25, 0.3) is 0 Å². The number of halogens is 2. The number of sulfonamides is 1. The molecule has 1 aromatic rings. The summed E-state index contributed by atoms with van der Waals surface area (Å²) in [5.74, 6) is 0. The average Bonchev–Trinajstić information content (AvgIpc) is 2.33. The van der Waals surface area contributed by atoms with E-state index in [4.69, 9.17) is 0 Å². The molecule has 1 aliphatic heterocycles. The maximum Gasteiger partial charge on any atom is 0.242 e. The lowest BCUT2D eigenvalue weighted by atomic mass is 10.1. The molecule has 4 nitrogen and oxygen atoms in total. The van der Waals surface area contributed by atoms with E-state index < -0.39 is 10.0 Å². The van der Waals surface area contributed by atoms with Gasteiger partial charge in [-0.3, -0.25) is 0 Å². The summed E-state index contributed by atoms with van der Waals surface area (Å²) in [7, 11) is -1.49. The largest absolute Gasteiger partial charge is 0.305 e. The van der Waals surface area contributed by atoms with Crippen molar-refractivity contribution in [3.63, 3.8) is 0 Å². The van der Waals surface area contributed by atoms with Crippen LogP contribution < -0.4 is 4.72 Å². The van der Waals surface area contributed by atoms with E-state index in [1.165, 1.54) is 0 Å². The number of benzene rings is 1. The Morgan fingerprint density at radius 2 is 2.00 bits per heavy atom. The summed E-state index contributed by atoms with van der Waals surface area (Å²) < 4.78 is 29.2. The molecule has 0 spiro atoms. The van der Waals surface area contributed by atoms with Crippen LogP contribution in [-0.2, 0) is 10.0 Å². The van der Waals surface area contributed by atoms with Gasteiger partial charge in [-0.15, -0.1) is 0 Å². The highest BCUT2D eigenvalue weighted by Crippen LogP contribution is 2.29. The second kappa shape index (κ2) is 6.44. The van der Waals surface area contributed by atoms with E-state index in [-0.39, 0.29) is 10.9 Å². The van der Waals surface area contributed by atoms with Gasteiger partial charge in [-0.1, -0.05) is 15.9 Å². The summed E-state index contributed by atoms with van der Waals surface area (Å²) in [6, 6.07) is 3.44. The molecule has 1 saturated heterocycles. The highest BCUT2D eigenvalue weighted by Gasteiger charge is 2.25. The number of likely N-dealkylation sites (N-methyl/N-ethyl adjacent to an activating group) is 1. The minimum atomic E-state index is -3.51. The van der Waals surface area contributed by atoms with Crippen molar-refractivity contribution in [2.75, 3.05) is 20.1 Å². The van der Waals surface area contributed by atoms with E-state index >= 15 is 0 Å². The SMILES string of the molecule is Cc1cc(Br)c(S(=O)(=O)NC2CCCN(C)C2)cc1Br. The van der Waals surface area contributed by atoms with Crippen molar-refractivity contribution in [3.05, 3.63) is 26.6 Å². The third-order valence-corrected chi connectivity index (χ3v) is 6.78. The Hall–Kier alpha value is 0.0500. The highest BCUT2D eigenvalue weighted by molar-refractivity contribution is 9.11. The van der Waals surface area contributed by atoms with Gasteiger partial charge in [0.25, 0.3) is 0 Å². The van der Waals surface area contributed by atoms with Crippen LogP contribution in [0.2, 0.25) is 0 Å². The summed E-state index contributed by atoms with van der Waals surface area (Å²) in [5, 5.41) is 0. The molecule has 7 heteroatoms. The van der Waals surface area contributed by atoms with Crippen molar-refractivity contribution < 1.29 is 8.42 Å². The zero-order valence-electron chi connectivity index (χ0n) is 11.5. The number of hydrogen-bond donors (Lipinski definition) is 1. The lowest BCUT2D eigenvalue weighted by Crippen LogP contribution is -2.46. The van der Waals surface area contributed by atoms with Gasteiger partial charge in [0.2, 0.25) is 10.0 Å². The summed E-state index contributed by atoms with van der Waals surface area (Å²) >= 11 is 6.73. The quantitative estimate of drug-likeness (QED) is 0.809. The summed E-state index contributed by atoms with van der Waals surface area (Å²) in [4.78, 5) is 2.43. The van der Waals surface area contributed by atoms with Crippen LogP contribution in [0.1, 0.15) is 18.4 Å². The Balaban J connectivity index is 2.24. The van der Waals surface area contributed by atoms with Crippen molar-refractivity contribution in [1.82, 2.24) is 9.62 Å². The third kappa shape index (κ3) is 3.82. The molecule has 1 atom stereocenters. The average molecular weight is 426 g/mol. The molecule has 1 N–H and O–H groups in total. The lowest BCUT2D eigenvalue weighted by molar-refractivity contribution is 0.242. The zero-order chi connectivity index (χ0) is 14.9. The number of aryl methyl sites for hydroxylation is 1. The van der Waals surface area contributed by atoms with E-state index in [1.54, 1.807) is 6.07 Å². The summed E-state index contributed by atoms with van der Waals surface area (Å²) in [5.41, 5.74) is 0.994. The van der Waals surface area contributed by atoms with Gasteiger partial charge >= 0.3 is 0 Å². The van der Waals surface area contributed by atoms with Crippen LogP contribution in [-0.4, -0.2) is 39.5 Å². The van der Waals surface area contributed by atoms with Crippen molar-refractivity contribution in [3.8, 4) is 0 Å². The molecular formula is C13H18Br2N2O2S. The monoisotopic (exact) mass is 424 g/mol. The Bertz CT molecular complexity index is 605. The first kappa shape index (κ1) is 16.4. The van der Waals surface area contributed by atoms with Gasteiger partial charge < -0.3 is 4.90 Å². The Morgan fingerprint density at radius 1 is 1.30 bits per heavy atom. The number of likely N-dealkylation sites (tertiary alicyclic amines) is 1. The van der Waals surface area contributed by atoms with Crippen LogP contribution in [0.4, 0.5) is 0 Å². The van der Waals surface area contributed by atoms with E-state index in [0.717, 1.165) is 36.0 Å². The number of nitrogens with zero attached hydrogens (tertiary/aromatic N) is 1. The van der Waals surface area contributed by atoms with Crippen LogP contribution in [0, 0.1) is 6.92 Å². The summed E-state index contributed by atoms with van der Waals surface area (Å²) in [6.07, 6.45) is 1.90. The molecule has 0 bridgehead atoms. The molecule has 0 aromatic heterocycles. The first-order valence-electron chi connectivity index (χ1n) is 6.46. The van der Waals surface area contributed by atoms with Gasteiger partial charge in [0, 0.05) is 21.5 Å². The van der Waals surface area contributed by atoms with E-state index in [9.17, 15) is 8.42 Å². The first-order valence-corrected chi connectivity index (χ1v) is 9.53. The molecular weight excluding hydrogens is 408 g/mol. The molecule has 1 unspecified atom stereocenters. The fourth-order valence-corrected chi connectivity index (χ4v) is 5.32. The van der Waals surface area contributed by atoms with Gasteiger partial charge in [-0.05, 0) is 67.0 Å². The van der Waals surface area contributed by atoms with Crippen LogP contribution in [0.15, 0.2) is 26.0 Å². The minimum absolute atomic E-state index is 0.0225. The fraction of sp³-hybridized carbons (Fsp3) is 0.538. The van der Waals surface area contributed by atoms with Crippen LogP contribution in [0.3, 0.4) is 0 Å². The third-order valence-electron chi connectivity index (χ3n) is 3.45. The predicted molar refractivity (Wildman–Crippen MR) is 87.4 cm³/mol. The molecule has 0 aliphatic carbocycles. The molecule has 20 heavy (non-hydrogen) atoms. The molecule has 0 saturated carbocycles. The van der Waals surface area contributed by atoms with Crippen LogP contribution in [0.5, 0.6) is 0 Å². The van der Waals surface area contributed by atoms with Gasteiger partial charge in [0.15, 0.2) is 0 Å². The normalized spacial score (nSPS) is 21.1. The second-order valence-corrected chi connectivity index (χ2v) is 8.65. The molecule has 1 aliphatic rings. The molecule has 1 aromatic carbocycles. The van der Waals surface area contributed by atoms with Crippen molar-refractivity contribution in [2.24, 2.45) is 0 Å². The Morgan fingerprint density at radius 3 is 2.65 bits per heavy atom. The molecule has 1 fully saturated rings. The molecule has 1 heterocycles. The van der Waals surface area contributed by atoms with Crippen LogP contribution >= 0.6 is 31.9 Å². The maximum atomic E-state index is 12.5. The molecule has 2 rings (SSSR count). The zero-order valence-corrected chi connectivity index (χ0v) is 15.5. The van der Waals surface area contributed by atoms with Crippen molar-refractivity contribution in [1.29, 1.82) is 0 Å². The van der Waals surface area contributed by atoms with E-state index in [0.29, 0.717) is 4.47 Å². The van der Waals surface area contributed by atoms with E-state index in [2.05, 4.69) is 41.5 Å². The van der Waals surface area contributed by atoms with Crippen molar-refractivity contribution in [2.45, 2.75) is 30.7 Å². The van der Waals surface area contributed by atoms with Gasteiger partial charge in [0.05, 0.1) is 4.90 Å². The number of hydrogen-bond acceptors (Lipinski definition) is 3. The second-order valence-electron chi connectivity index (χ2n) is 5.25. The smallest absolute Gasteiger partial charge is 0.242 e. The van der Waals surface area contributed by atoms with Crippen molar-refractivity contribution >= 4 is 41.9 Å². The maximum absolute atomic E-state index is 12.5. The minimum Gasteiger partial charge on any atom is -0.305 e. The van der Waals surface area contributed by atoms with Gasteiger partial charge in [-0.25, -0.2) is 13.1 Å².